The van der Waals surface area contributed by atoms with Gasteiger partial charge in [0.2, 0.25) is 16.9 Å². The summed E-state index contributed by atoms with van der Waals surface area (Å²) < 4.78 is 17.3. The number of hydrogen-bond donors (Lipinski definition) is 0. The smallest absolute Gasteiger partial charge is 0.226 e. The molecule has 0 aliphatic rings. The zero-order chi connectivity index (χ0) is 14.4. The summed E-state index contributed by atoms with van der Waals surface area (Å²) in [4.78, 5) is 0. The highest BCUT2D eigenvalue weighted by atomic mass is 32.2. The predicted molar refractivity (Wildman–Crippen MR) is 68.9 cm³/mol. The number of thioether (sulfide) groups is 1. The molecule has 2 heterocycles. The zero-order valence-corrected chi connectivity index (χ0v) is 12.3. The molecule has 10 heteroatoms. The lowest BCUT2D eigenvalue weighted by molar-refractivity contribution is -0.113. The molecular formula is C10H16N6O3S. The Morgan fingerprint density at radius 1 is 1.20 bits per heavy atom. The maximum atomic E-state index is 5.42. The highest BCUT2D eigenvalue weighted by Gasteiger charge is 2.14. The minimum atomic E-state index is -0.395. The summed E-state index contributed by atoms with van der Waals surface area (Å²) >= 11 is 1.41. The number of ether oxygens (including phenoxy) is 2. The van der Waals surface area contributed by atoms with E-state index >= 15 is 0 Å². The van der Waals surface area contributed by atoms with E-state index in [1.54, 1.807) is 18.9 Å². The van der Waals surface area contributed by atoms with Crippen LogP contribution >= 0.6 is 11.8 Å². The van der Waals surface area contributed by atoms with Crippen molar-refractivity contribution < 1.29 is 13.9 Å². The van der Waals surface area contributed by atoms with E-state index in [-0.39, 0.29) is 0 Å². The maximum absolute atomic E-state index is 5.42. The van der Waals surface area contributed by atoms with Gasteiger partial charge in [-0.15, -0.1) is 15.3 Å². The third kappa shape index (κ3) is 3.74. The van der Waals surface area contributed by atoms with Gasteiger partial charge in [-0.3, -0.25) is 0 Å². The summed E-state index contributed by atoms with van der Waals surface area (Å²) in [5, 5.41) is 20.0. The number of tetrazole rings is 1. The molecule has 0 N–H and O–H groups in total. The van der Waals surface area contributed by atoms with Gasteiger partial charge in [-0.1, -0.05) is 18.7 Å². The van der Waals surface area contributed by atoms with E-state index in [1.165, 1.54) is 11.8 Å². The van der Waals surface area contributed by atoms with Crippen molar-refractivity contribution in [3.63, 3.8) is 0 Å². The van der Waals surface area contributed by atoms with Crippen molar-refractivity contribution in [3.8, 4) is 0 Å². The summed E-state index contributed by atoms with van der Waals surface area (Å²) in [7, 11) is 3.13. The first-order valence-corrected chi connectivity index (χ1v) is 7.01. The normalized spacial score (nSPS) is 11.4. The van der Waals surface area contributed by atoms with Crippen LogP contribution in [0.1, 0.15) is 18.7 Å². The molecule has 0 bridgehead atoms. The molecule has 0 fully saturated rings. The van der Waals surface area contributed by atoms with E-state index in [1.807, 2.05) is 6.92 Å². The number of aromatic nitrogens is 6. The minimum absolute atomic E-state index is 0.395. The summed E-state index contributed by atoms with van der Waals surface area (Å²) in [5.74, 6) is 1.69. The van der Waals surface area contributed by atoms with Crippen molar-refractivity contribution in [2.45, 2.75) is 37.1 Å². The molecule has 0 saturated heterocycles. The van der Waals surface area contributed by atoms with Crippen LogP contribution in [0.25, 0.3) is 0 Å². The predicted octanol–water partition coefficient (Wildman–Crippen LogP) is 0.530. The van der Waals surface area contributed by atoms with E-state index in [4.69, 9.17) is 13.9 Å². The molecule has 2 aromatic heterocycles. The fraction of sp³-hybridized carbons (Fsp3) is 0.700. The summed E-state index contributed by atoms with van der Waals surface area (Å²) in [6.45, 7) is 2.37. The Bertz CT molecular complexity index is 527. The monoisotopic (exact) mass is 300 g/mol. The second-order valence-corrected chi connectivity index (χ2v) is 4.72. The molecule has 2 aromatic rings. The zero-order valence-electron chi connectivity index (χ0n) is 11.5. The van der Waals surface area contributed by atoms with Crippen molar-refractivity contribution in [3.05, 3.63) is 11.8 Å². The summed E-state index contributed by atoms with van der Waals surface area (Å²) in [6.07, 6.45) is 0.326. The van der Waals surface area contributed by atoms with Gasteiger partial charge in [0, 0.05) is 20.6 Å². The van der Waals surface area contributed by atoms with Crippen LogP contribution in [0.5, 0.6) is 0 Å². The van der Waals surface area contributed by atoms with Crippen molar-refractivity contribution >= 4 is 11.8 Å². The van der Waals surface area contributed by atoms with E-state index in [2.05, 4.69) is 25.7 Å². The van der Waals surface area contributed by atoms with Crippen LogP contribution in [-0.2, 0) is 28.2 Å². The molecule has 2 rings (SSSR count). The maximum Gasteiger partial charge on any atom is 0.226 e. The van der Waals surface area contributed by atoms with Gasteiger partial charge in [0.1, 0.15) is 0 Å². The highest BCUT2D eigenvalue weighted by Crippen LogP contribution is 2.19. The fourth-order valence-corrected chi connectivity index (χ4v) is 2.14. The molecule has 20 heavy (non-hydrogen) atoms. The Hall–Kier alpha value is -1.52. The quantitative estimate of drug-likeness (QED) is 0.510. The van der Waals surface area contributed by atoms with Crippen LogP contribution in [0.2, 0.25) is 0 Å². The molecule has 0 atom stereocenters. The fourth-order valence-electron chi connectivity index (χ4n) is 1.42. The Morgan fingerprint density at radius 3 is 2.60 bits per heavy atom. The van der Waals surface area contributed by atoms with E-state index in [0.29, 0.717) is 29.2 Å². The Labute approximate surface area is 120 Å². The molecule has 0 aliphatic heterocycles. The summed E-state index contributed by atoms with van der Waals surface area (Å²) in [6, 6.07) is 0. The standard InChI is InChI=1S/C10H16N6O3S/c1-4-7-11-12-8(19-7)6-20-10-13-14-15-16(10)5-9(17-2)18-3/h9H,4-6H2,1-3H3. The third-order valence-corrected chi connectivity index (χ3v) is 3.42. The number of methoxy groups -OCH3 is 2. The summed E-state index contributed by atoms with van der Waals surface area (Å²) in [5.41, 5.74) is 0. The van der Waals surface area contributed by atoms with E-state index in [9.17, 15) is 0 Å². The third-order valence-electron chi connectivity index (χ3n) is 2.48. The molecule has 9 nitrogen and oxygen atoms in total. The van der Waals surface area contributed by atoms with Crippen molar-refractivity contribution in [1.29, 1.82) is 0 Å². The molecule has 0 radical (unpaired) electrons. The Kier molecular flexibility index (Phi) is 5.44. The number of aryl methyl sites for hydroxylation is 1. The van der Waals surface area contributed by atoms with Crippen molar-refractivity contribution in [2.75, 3.05) is 14.2 Å². The van der Waals surface area contributed by atoms with Crippen LogP contribution < -0.4 is 0 Å². The van der Waals surface area contributed by atoms with Gasteiger partial charge in [-0.2, -0.15) is 0 Å². The van der Waals surface area contributed by atoms with Gasteiger partial charge < -0.3 is 13.9 Å². The first-order valence-electron chi connectivity index (χ1n) is 6.02. The second kappa shape index (κ2) is 7.31. The van der Waals surface area contributed by atoms with E-state index < -0.39 is 6.29 Å². The van der Waals surface area contributed by atoms with Gasteiger partial charge in [0.15, 0.2) is 6.29 Å². The van der Waals surface area contributed by atoms with Crippen LogP contribution in [0, 0.1) is 0 Å². The lowest BCUT2D eigenvalue weighted by atomic mass is 10.5. The van der Waals surface area contributed by atoms with Crippen molar-refractivity contribution in [1.82, 2.24) is 30.4 Å². The number of rotatable bonds is 8. The number of hydrogen-bond acceptors (Lipinski definition) is 9. The number of nitrogens with zero attached hydrogens (tertiary/aromatic N) is 6. The Balaban J connectivity index is 1.94. The lowest BCUT2D eigenvalue weighted by Gasteiger charge is -2.13. The molecule has 0 saturated carbocycles. The van der Waals surface area contributed by atoms with Crippen molar-refractivity contribution in [2.24, 2.45) is 0 Å². The minimum Gasteiger partial charge on any atom is -0.424 e. The van der Waals surface area contributed by atoms with Gasteiger partial charge in [0.25, 0.3) is 0 Å². The largest absolute Gasteiger partial charge is 0.424 e. The average molecular weight is 300 g/mol. The van der Waals surface area contributed by atoms with Gasteiger partial charge in [-0.25, -0.2) is 4.68 Å². The first-order chi connectivity index (χ1) is 9.76. The van der Waals surface area contributed by atoms with Gasteiger partial charge >= 0.3 is 0 Å². The molecule has 0 spiro atoms. The second-order valence-electron chi connectivity index (χ2n) is 3.78. The molecule has 0 amide bonds. The molecule has 0 unspecified atom stereocenters. The molecular weight excluding hydrogens is 284 g/mol. The highest BCUT2D eigenvalue weighted by molar-refractivity contribution is 7.98. The van der Waals surface area contributed by atoms with Crippen LogP contribution in [0.15, 0.2) is 9.57 Å². The van der Waals surface area contributed by atoms with Gasteiger partial charge in [0.05, 0.1) is 12.3 Å². The van der Waals surface area contributed by atoms with E-state index in [0.717, 1.165) is 6.42 Å². The molecule has 0 aliphatic carbocycles. The van der Waals surface area contributed by atoms with Gasteiger partial charge in [-0.05, 0) is 10.4 Å². The lowest BCUT2D eigenvalue weighted by Crippen LogP contribution is -2.21. The van der Waals surface area contributed by atoms with Crippen LogP contribution in [0.4, 0.5) is 0 Å². The molecule has 110 valence electrons. The molecule has 0 aromatic carbocycles. The SMILES string of the molecule is CCc1nnc(CSc2nnnn2CC(OC)OC)o1. The van der Waals surface area contributed by atoms with Crippen LogP contribution in [-0.4, -0.2) is 50.9 Å². The Morgan fingerprint density at radius 2 is 1.95 bits per heavy atom. The average Bonchev–Trinajstić information content (AvgIpc) is 3.11. The van der Waals surface area contributed by atoms with Crippen LogP contribution in [0.3, 0.4) is 0 Å². The first kappa shape index (κ1) is 14.9. The topological polar surface area (TPSA) is 101 Å².